The molecular formula is C16H19BrN2OS. The Morgan fingerprint density at radius 2 is 2.00 bits per heavy atom. The Labute approximate surface area is 137 Å². The molecule has 1 saturated heterocycles. The number of amides is 1. The largest absolute Gasteiger partial charge is 0.397 e. The van der Waals surface area contributed by atoms with Crippen LogP contribution in [0.25, 0.3) is 10.1 Å². The highest BCUT2D eigenvalue weighted by atomic mass is 79.9. The van der Waals surface area contributed by atoms with Crippen LogP contribution in [0.3, 0.4) is 0 Å². The lowest BCUT2D eigenvalue weighted by atomic mass is 9.97. The van der Waals surface area contributed by atoms with Gasteiger partial charge in [-0.25, -0.2) is 0 Å². The normalized spacial score (nSPS) is 22.7. The van der Waals surface area contributed by atoms with Crippen molar-refractivity contribution in [3.63, 3.8) is 0 Å². The number of hydrogen-bond donors (Lipinski definition) is 1. The monoisotopic (exact) mass is 366 g/mol. The Balaban J connectivity index is 2.03. The molecule has 1 aliphatic heterocycles. The van der Waals surface area contributed by atoms with Crippen LogP contribution in [0.2, 0.25) is 0 Å². The molecule has 2 aromatic rings. The molecule has 2 heterocycles. The van der Waals surface area contributed by atoms with Crippen LogP contribution in [0.4, 0.5) is 5.69 Å². The average molecular weight is 367 g/mol. The number of benzene rings is 1. The first-order chi connectivity index (χ1) is 9.99. The minimum absolute atomic E-state index is 0.0875. The SMILES string of the molecule is CC1CCCC(C)N1C(=O)c1sc2cc(Br)ccc2c1N. The number of likely N-dealkylation sites (tertiary alicyclic amines) is 1. The molecule has 1 aromatic carbocycles. The van der Waals surface area contributed by atoms with Crippen LogP contribution < -0.4 is 5.73 Å². The van der Waals surface area contributed by atoms with Crippen LogP contribution in [-0.4, -0.2) is 22.9 Å². The first kappa shape index (κ1) is 14.9. The summed E-state index contributed by atoms with van der Waals surface area (Å²) >= 11 is 4.97. The highest BCUT2D eigenvalue weighted by molar-refractivity contribution is 9.10. The number of anilines is 1. The number of rotatable bonds is 1. The molecule has 2 atom stereocenters. The third-order valence-corrected chi connectivity index (χ3v) is 5.96. The smallest absolute Gasteiger partial charge is 0.266 e. The molecule has 2 N–H and O–H groups in total. The summed E-state index contributed by atoms with van der Waals surface area (Å²) in [5.74, 6) is 0.0875. The van der Waals surface area contributed by atoms with Crippen molar-refractivity contribution in [2.45, 2.75) is 45.2 Å². The van der Waals surface area contributed by atoms with E-state index in [-0.39, 0.29) is 18.0 Å². The Morgan fingerprint density at radius 1 is 1.33 bits per heavy atom. The second-order valence-electron chi connectivity index (χ2n) is 5.83. The second-order valence-corrected chi connectivity index (χ2v) is 7.79. The molecule has 1 fully saturated rings. The van der Waals surface area contributed by atoms with E-state index in [1.807, 2.05) is 23.1 Å². The van der Waals surface area contributed by atoms with Crippen molar-refractivity contribution < 1.29 is 4.79 Å². The van der Waals surface area contributed by atoms with Gasteiger partial charge in [-0.15, -0.1) is 11.3 Å². The van der Waals surface area contributed by atoms with Crippen molar-refractivity contribution >= 4 is 48.9 Å². The summed E-state index contributed by atoms with van der Waals surface area (Å²) in [7, 11) is 0. The molecule has 112 valence electrons. The van der Waals surface area contributed by atoms with Gasteiger partial charge in [-0.3, -0.25) is 4.79 Å². The molecule has 0 bridgehead atoms. The predicted octanol–water partition coefficient (Wildman–Crippen LogP) is 4.65. The van der Waals surface area contributed by atoms with Crippen LogP contribution >= 0.6 is 27.3 Å². The number of thiophene rings is 1. The molecule has 5 heteroatoms. The van der Waals surface area contributed by atoms with Crippen molar-refractivity contribution in [1.29, 1.82) is 0 Å². The van der Waals surface area contributed by atoms with Crippen molar-refractivity contribution in [3.05, 3.63) is 27.5 Å². The van der Waals surface area contributed by atoms with Gasteiger partial charge >= 0.3 is 0 Å². The van der Waals surface area contributed by atoms with E-state index in [2.05, 4.69) is 29.8 Å². The molecule has 0 saturated carbocycles. The number of nitrogen functional groups attached to an aromatic ring is 1. The zero-order valence-electron chi connectivity index (χ0n) is 12.2. The summed E-state index contributed by atoms with van der Waals surface area (Å²) < 4.78 is 2.07. The highest BCUT2D eigenvalue weighted by Crippen LogP contribution is 2.37. The van der Waals surface area contributed by atoms with E-state index in [0.29, 0.717) is 10.6 Å². The summed E-state index contributed by atoms with van der Waals surface area (Å²) in [6, 6.07) is 6.54. The molecule has 1 aromatic heterocycles. The Morgan fingerprint density at radius 3 is 2.67 bits per heavy atom. The van der Waals surface area contributed by atoms with Crippen LogP contribution in [0.5, 0.6) is 0 Å². The van der Waals surface area contributed by atoms with Crippen LogP contribution in [0, 0.1) is 0 Å². The summed E-state index contributed by atoms with van der Waals surface area (Å²) in [5.41, 5.74) is 6.86. The minimum atomic E-state index is 0.0875. The maximum absolute atomic E-state index is 12.9. The number of nitrogens with zero attached hydrogens (tertiary/aromatic N) is 1. The van der Waals surface area contributed by atoms with Gasteiger partial charge in [-0.1, -0.05) is 22.0 Å². The number of fused-ring (bicyclic) bond motifs is 1. The standard InChI is InChI=1S/C16H19BrN2OS/c1-9-4-3-5-10(2)19(9)16(20)15-14(18)12-7-6-11(17)8-13(12)21-15/h6-10H,3-5,18H2,1-2H3. The quantitative estimate of drug-likeness (QED) is 0.798. The van der Waals surface area contributed by atoms with Gasteiger partial charge in [0.2, 0.25) is 0 Å². The van der Waals surface area contributed by atoms with Gasteiger partial charge in [0.05, 0.1) is 5.69 Å². The molecular weight excluding hydrogens is 348 g/mol. The Kier molecular flexibility index (Phi) is 3.97. The van der Waals surface area contributed by atoms with Crippen LogP contribution in [-0.2, 0) is 0 Å². The average Bonchev–Trinajstić information content (AvgIpc) is 2.75. The molecule has 1 aliphatic rings. The van der Waals surface area contributed by atoms with Crippen molar-refractivity contribution in [2.75, 3.05) is 5.73 Å². The van der Waals surface area contributed by atoms with Gasteiger partial charge < -0.3 is 10.6 Å². The zero-order chi connectivity index (χ0) is 15.1. The van der Waals surface area contributed by atoms with Crippen LogP contribution in [0.1, 0.15) is 42.8 Å². The third kappa shape index (κ3) is 2.57. The number of piperidine rings is 1. The maximum Gasteiger partial charge on any atom is 0.266 e. The van der Waals surface area contributed by atoms with Gasteiger partial charge in [0.1, 0.15) is 4.88 Å². The van der Waals surface area contributed by atoms with Crippen LogP contribution in [0.15, 0.2) is 22.7 Å². The van der Waals surface area contributed by atoms with Gasteiger partial charge in [0.25, 0.3) is 5.91 Å². The van der Waals surface area contributed by atoms with E-state index >= 15 is 0 Å². The zero-order valence-corrected chi connectivity index (χ0v) is 14.6. The predicted molar refractivity (Wildman–Crippen MR) is 92.9 cm³/mol. The second kappa shape index (κ2) is 5.61. The van der Waals surface area contributed by atoms with E-state index in [4.69, 9.17) is 5.73 Å². The maximum atomic E-state index is 12.9. The Hall–Kier alpha value is -1.07. The van der Waals surface area contributed by atoms with E-state index in [1.54, 1.807) is 0 Å². The summed E-state index contributed by atoms with van der Waals surface area (Å²) in [6.07, 6.45) is 3.35. The summed E-state index contributed by atoms with van der Waals surface area (Å²) in [5, 5.41) is 0.976. The van der Waals surface area contributed by atoms with Gasteiger partial charge in [-0.05, 0) is 45.2 Å². The van der Waals surface area contributed by atoms with Gasteiger partial charge in [0, 0.05) is 26.6 Å². The number of nitrogens with two attached hydrogens (primary N) is 1. The lowest BCUT2D eigenvalue weighted by Gasteiger charge is -2.38. The summed E-state index contributed by atoms with van der Waals surface area (Å²) in [6.45, 7) is 4.27. The van der Waals surface area contributed by atoms with Crippen molar-refractivity contribution in [2.24, 2.45) is 0 Å². The first-order valence-corrected chi connectivity index (χ1v) is 8.90. The van der Waals surface area contributed by atoms with Crippen molar-refractivity contribution in [3.8, 4) is 0 Å². The van der Waals surface area contributed by atoms with E-state index < -0.39 is 0 Å². The fraction of sp³-hybridized carbons (Fsp3) is 0.438. The molecule has 0 aliphatic carbocycles. The molecule has 3 nitrogen and oxygen atoms in total. The third-order valence-electron chi connectivity index (χ3n) is 4.31. The minimum Gasteiger partial charge on any atom is -0.397 e. The van der Waals surface area contributed by atoms with E-state index in [1.165, 1.54) is 17.8 Å². The lowest BCUT2D eigenvalue weighted by molar-refractivity contribution is 0.0517. The topological polar surface area (TPSA) is 46.3 Å². The summed E-state index contributed by atoms with van der Waals surface area (Å²) in [4.78, 5) is 15.6. The Bertz CT molecular complexity index is 687. The van der Waals surface area contributed by atoms with Gasteiger partial charge in [-0.2, -0.15) is 0 Å². The molecule has 21 heavy (non-hydrogen) atoms. The molecule has 3 rings (SSSR count). The van der Waals surface area contributed by atoms with E-state index in [0.717, 1.165) is 27.4 Å². The number of carbonyl (C=O) groups is 1. The molecule has 0 spiro atoms. The molecule has 1 amide bonds. The first-order valence-electron chi connectivity index (χ1n) is 7.29. The van der Waals surface area contributed by atoms with Crippen molar-refractivity contribution in [1.82, 2.24) is 4.90 Å². The number of carbonyl (C=O) groups excluding carboxylic acids is 1. The highest BCUT2D eigenvalue weighted by Gasteiger charge is 2.31. The lowest BCUT2D eigenvalue weighted by Crippen LogP contribution is -2.47. The number of halogens is 1. The fourth-order valence-electron chi connectivity index (χ4n) is 3.19. The fourth-order valence-corrected chi connectivity index (χ4v) is 4.81. The molecule has 0 radical (unpaired) electrons. The van der Waals surface area contributed by atoms with E-state index in [9.17, 15) is 4.79 Å². The number of hydrogen-bond acceptors (Lipinski definition) is 3. The molecule has 2 unspecified atom stereocenters. The van der Waals surface area contributed by atoms with Gasteiger partial charge in [0.15, 0.2) is 0 Å².